The lowest BCUT2D eigenvalue weighted by Gasteiger charge is -2.18. The molecule has 3 aromatic rings. The summed E-state index contributed by atoms with van der Waals surface area (Å²) in [6.45, 7) is 0. The van der Waals surface area contributed by atoms with Gasteiger partial charge in [0, 0.05) is 16.9 Å². The minimum atomic E-state index is -4.46. The molecule has 0 amide bonds. The molecule has 0 unspecified atom stereocenters. The van der Waals surface area contributed by atoms with E-state index in [-0.39, 0.29) is 5.56 Å². The molecule has 3 aromatic carbocycles. The number of anilines is 2. The van der Waals surface area contributed by atoms with Crippen molar-refractivity contribution in [2.75, 3.05) is 11.5 Å². The minimum absolute atomic E-state index is 0.0647. The topological polar surface area (TPSA) is 52.0 Å². The van der Waals surface area contributed by atoms with Gasteiger partial charge in [-0.15, -0.1) is 0 Å². The summed E-state index contributed by atoms with van der Waals surface area (Å²) in [5.74, 6) is 0. The highest BCUT2D eigenvalue weighted by atomic mass is 19.4. The molecule has 0 heterocycles. The molecule has 3 rings (SSSR count). The molecule has 0 aromatic heterocycles. The summed E-state index contributed by atoms with van der Waals surface area (Å²) in [4.78, 5) is 0. The summed E-state index contributed by atoms with van der Waals surface area (Å²) >= 11 is 0. The van der Waals surface area contributed by atoms with E-state index >= 15 is 0 Å². The third-order valence-corrected chi connectivity index (χ3v) is 3.82. The molecule has 0 bridgehead atoms. The number of alkyl halides is 3. The second-order valence-electron chi connectivity index (χ2n) is 5.44. The largest absolute Gasteiger partial charge is 0.417 e. The Labute approximate surface area is 137 Å². The van der Waals surface area contributed by atoms with Gasteiger partial charge in [-0.1, -0.05) is 42.5 Å². The molecule has 0 fully saturated rings. The summed E-state index contributed by atoms with van der Waals surface area (Å²) in [7, 11) is 0. The van der Waals surface area contributed by atoms with Crippen LogP contribution < -0.4 is 11.5 Å². The highest BCUT2D eigenvalue weighted by Crippen LogP contribution is 2.43. The van der Waals surface area contributed by atoms with E-state index in [0.29, 0.717) is 22.5 Å². The maximum atomic E-state index is 13.4. The summed E-state index contributed by atoms with van der Waals surface area (Å²) in [5.41, 5.74) is 13.7. The van der Waals surface area contributed by atoms with Gasteiger partial charge in [-0.05, 0) is 41.0 Å². The first-order chi connectivity index (χ1) is 11.4. The van der Waals surface area contributed by atoms with E-state index in [1.807, 2.05) is 0 Å². The van der Waals surface area contributed by atoms with Crippen molar-refractivity contribution in [3.63, 3.8) is 0 Å². The highest BCUT2D eigenvalue weighted by Gasteiger charge is 2.34. The van der Waals surface area contributed by atoms with Crippen molar-refractivity contribution in [2.24, 2.45) is 0 Å². The van der Waals surface area contributed by atoms with E-state index in [4.69, 9.17) is 11.5 Å². The van der Waals surface area contributed by atoms with Crippen LogP contribution in [-0.2, 0) is 6.18 Å². The number of benzene rings is 3. The monoisotopic (exact) mass is 328 g/mol. The second-order valence-corrected chi connectivity index (χ2v) is 5.44. The number of nitrogens with two attached hydrogens (primary N) is 2. The molecule has 0 saturated carbocycles. The van der Waals surface area contributed by atoms with E-state index in [9.17, 15) is 13.2 Å². The van der Waals surface area contributed by atoms with Crippen LogP contribution in [0.5, 0.6) is 0 Å². The van der Waals surface area contributed by atoms with E-state index in [2.05, 4.69) is 0 Å². The number of hydrogen-bond acceptors (Lipinski definition) is 2. The van der Waals surface area contributed by atoms with Crippen LogP contribution in [0, 0.1) is 0 Å². The van der Waals surface area contributed by atoms with Gasteiger partial charge in [-0.3, -0.25) is 0 Å². The standard InChI is InChI=1S/C19H15F3N2/c20-19(21,22)16-6-2-1-4-15(16)18-14(5-3-7-17(18)24)12-8-10-13(23)11-9-12/h1-11H,23-24H2. The van der Waals surface area contributed by atoms with E-state index in [1.165, 1.54) is 12.1 Å². The van der Waals surface area contributed by atoms with Crippen LogP contribution >= 0.6 is 0 Å². The lowest BCUT2D eigenvalue weighted by molar-refractivity contribution is -0.137. The average molecular weight is 328 g/mol. The van der Waals surface area contributed by atoms with Gasteiger partial charge < -0.3 is 11.5 Å². The van der Waals surface area contributed by atoms with Crippen molar-refractivity contribution in [3.8, 4) is 22.3 Å². The quantitative estimate of drug-likeness (QED) is 0.635. The number of hydrogen-bond donors (Lipinski definition) is 2. The van der Waals surface area contributed by atoms with Crippen LogP contribution in [0.2, 0.25) is 0 Å². The first kappa shape index (κ1) is 15.9. The van der Waals surface area contributed by atoms with Gasteiger partial charge in [-0.2, -0.15) is 13.2 Å². The van der Waals surface area contributed by atoms with Gasteiger partial charge in [0.2, 0.25) is 0 Å². The predicted molar refractivity (Wildman–Crippen MR) is 91.1 cm³/mol. The number of nitrogen functional groups attached to an aromatic ring is 2. The normalized spacial score (nSPS) is 11.5. The Hall–Kier alpha value is -2.95. The summed E-state index contributed by atoms with van der Waals surface area (Å²) in [5, 5.41) is 0. The molecule has 5 heteroatoms. The van der Waals surface area contributed by atoms with Crippen molar-refractivity contribution >= 4 is 11.4 Å². The Morgan fingerprint density at radius 3 is 1.96 bits per heavy atom. The number of halogens is 3. The van der Waals surface area contributed by atoms with E-state index in [0.717, 1.165) is 11.6 Å². The fourth-order valence-corrected chi connectivity index (χ4v) is 2.72. The summed E-state index contributed by atoms with van der Waals surface area (Å²) < 4.78 is 40.2. The van der Waals surface area contributed by atoms with Gasteiger partial charge in [-0.25, -0.2) is 0 Å². The van der Waals surface area contributed by atoms with Crippen LogP contribution in [0.3, 0.4) is 0 Å². The molecule has 24 heavy (non-hydrogen) atoms. The lowest BCUT2D eigenvalue weighted by Crippen LogP contribution is -2.08. The van der Waals surface area contributed by atoms with Crippen LogP contribution in [-0.4, -0.2) is 0 Å². The molecule has 0 aliphatic carbocycles. The molecular formula is C19H15F3N2. The van der Waals surface area contributed by atoms with Crippen LogP contribution in [0.4, 0.5) is 24.5 Å². The Morgan fingerprint density at radius 1 is 0.667 bits per heavy atom. The van der Waals surface area contributed by atoms with Crippen LogP contribution in [0.25, 0.3) is 22.3 Å². The fourth-order valence-electron chi connectivity index (χ4n) is 2.72. The molecule has 0 spiro atoms. The molecular weight excluding hydrogens is 313 g/mol. The maximum Gasteiger partial charge on any atom is 0.417 e. The zero-order valence-corrected chi connectivity index (χ0v) is 12.6. The number of rotatable bonds is 2. The first-order valence-corrected chi connectivity index (χ1v) is 7.29. The van der Waals surface area contributed by atoms with Gasteiger partial charge >= 0.3 is 6.18 Å². The van der Waals surface area contributed by atoms with E-state index < -0.39 is 11.7 Å². The van der Waals surface area contributed by atoms with E-state index in [1.54, 1.807) is 48.5 Å². The second kappa shape index (κ2) is 5.92. The summed E-state index contributed by atoms with van der Waals surface area (Å²) in [6.07, 6.45) is -4.46. The van der Waals surface area contributed by atoms with Crippen molar-refractivity contribution < 1.29 is 13.2 Å². The minimum Gasteiger partial charge on any atom is -0.399 e. The molecule has 0 saturated heterocycles. The van der Waals surface area contributed by atoms with Gasteiger partial charge in [0.25, 0.3) is 0 Å². The summed E-state index contributed by atoms with van der Waals surface area (Å²) in [6, 6.07) is 17.5. The maximum absolute atomic E-state index is 13.4. The first-order valence-electron chi connectivity index (χ1n) is 7.29. The molecule has 0 aliphatic heterocycles. The van der Waals surface area contributed by atoms with Crippen LogP contribution in [0.15, 0.2) is 66.7 Å². The third-order valence-electron chi connectivity index (χ3n) is 3.82. The molecule has 0 aliphatic rings. The predicted octanol–water partition coefficient (Wildman–Crippen LogP) is 5.20. The van der Waals surface area contributed by atoms with Crippen molar-refractivity contribution in [1.29, 1.82) is 0 Å². The third kappa shape index (κ3) is 2.93. The average Bonchev–Trinajstić information content (AvgIpc) is 2.54. The molecule has 4 N–H and O–H groups in total. The van der Waals surface area contributed by atoms with Gasteiger partial charge in [0.1, 0.15) is 0 Å². The fraction of sp³-hybridized carbons (Fsp3) is 0.0526. The van der Waals surface area contributed by atoms with Crippen molar-refractivity contribution in [1.82, 2.24) is 0 Å². The Morgan fingerprint density at radius 2 is 1.29 bits per heavy atom. The van der Waals surface area contributed by atoms with Crippen molar-refractivity contribution in [2.45, 2.75) is 6.18 Å². The SMILES string of the molecule is Nc1ccc(-c2cccc(N)c2-c2ccccc2C(F)(F)F)cc1. The highest BCUT2D eigenvalue weighted by molar-refractivity contribution is 5.92. The van der Waals surface area contributed by atoms with Crippen molar-refractivity contribution in [3.05, 3.63) is 72.3 Å². The smallest absolute Gasteiger partial charge is 0.399 e. The molecule has 122 valence electrons. The molecule has 0 radical (unpaired) electrons. The molecule has 2 nitrogen and oxygen atoms in total. The van der Waals surface area contributed by atoms with Gasteiger partial charge in [0.05, 0.1) is 5.56 Å². The Balaban J connectivity index is 2.29. The zero-order chi connectivity index (χ0) is 17.3. The molecule has 0 atom stereocenters. The Bertz CT molecular complexity index is 869. The zero-order valence-electron chi connectivity index (χ0n) is 12.6. The van der Waals surface area contributed by atoms with Crippen LogP contribution in [0.1, 0.15) is 5.56 Å². The van der Waals surface area contributed by atoms with Gasteiger partial charge in [0.15, 0.2) is 0 Å². The lowest BCUT2D eigenvalue weighted by atomic mass is 9.90. The Kier molecular flexibility index (Phi) is 3.93.